The van der Waals surface area contributed by atoms with Crippen LogP contribution < -0.4 is 46.1 Å². The van der Waals surface area contributed by atoms with E-state index < -0.39 is 0 Å². The maximum Gasteiger partial charge on any atom is 0.320 e. The van der Waals surface area contributed by atoms with Crippen molar-refractivity contribution in [2.45, 2.75) is 201 Å². The third kappa shape index (κ3) is 18.5. The summed E-state index contributed by atoms with van der Waals surface area (Å²) in [6.45, 7) is 21.2. The molecule has 6 aromatic rings. The summed E-state index contributed by atoms with van der Waals surface area (Å²) >= 11 is 6.47. The van der Waals surface area contributed by atoms with Crippen LogP contribution in [0.1, 0.15) is 186 Å². The topological polar surface area (TPSA) is 254 Å². The highest BCUT2D eigenvalue weighted by Crippen LogP contribution is 2.51. The number of unbranched alkanes of at least 4 members (excludes halogenated alkanes) is 3. The molecule has 21 nitrogen and oxygen atoms in total. The molecule has 14 rings (SSSR count). The van der Waals surface area contributed by atoms with Gasteiger partial charge in [-0.25, -0.2) is 0 Å². The highest BCUT2D eigenvalue weighted by molar-refractivity contribution is 6.30. The van der Waals surface area contributed by atoms with Crippen molar-refractivity contribution in [2.75, 3.05) is 104 Å². The number of fused-ring (bicyclic) bond motifs is 4. The van der Waals surface area contributed by atoms with E-state index in [4.69, 9.17) is 53.0 Å². The number of anilines is 6. The number of carbonyl (C=O) groups is 3. The number of hydrogen-bond acceptors (Lipinski definition) is 21. The Labute approximate surface area is 590 Å². The standard InChI is InChI=1S/C27H37N5O2.C26H35N5O2.C24H32ClN5O2/c1-2-3-14-34-27-29-25(28)22-16-24(33)21-10-7-11-23(21)32(26(22)30-27)18-20-9-6-8-19(15-20)17-31-12-4-5-13-31;1-2-3-13-33-25-28-23(27)21-15-22(32)26(9-10-26)18-31(24(21)29-25)17-20-8-6-7-19(14-20)16-30-11-4-5-12-30;1-2-3-10-32-24-27-22(26)21-14-20(31)6-9-30(23(21)28-24)16-18-11-17(12-19(25)13-18)15-29-7-4-5-8-29/h6,8-9,15,21,23H,2-5,7,10-14,16-18H2,1H3,(H2,28,29,30);6-8,14H,2-5,9-13,15-18H2,1H3,(H2,27,28,29);11-13H,2-10,14-16H2,1H3,(H2,26,27,28). The van der Waals surface area contributed by atoms with Crippen molar-refractivity contribution in [1.82, 2.24) is 44.6 Å². The number of benzene rings is 3. The number of nitrogens with two attached hydrogens (primary N) is 3. The Kier molecular flexibility index (Phi) is 24.2. The molecule has 2 unspecified atom stereocenters. The number of halogens is 1. The van der Waals surface area contributed by atoms with Gasteiger partial charge in [-0.3, -0.25) is 29.1 Å². The average molecular weight is 1370 g/mol. The molecule has 530 valence electrons. The second-order valence-electron chi connectivity index (χ2n) is 28.7. The van der Waals surface area contributed by atoms with Gasteiger partial charge in [0.15, 0.2) is 0 Å². The fraction of sp³-hybridized carbons (Fsp3) is 0.571. The molecule has 1 spiro atoms. The molecule has 2 atom stereocenters. The molecule has 6 aliphatic heterocycles. The van der Waals surface area contributed by atoms with E-state index in [-0.39, 0.29) is 47.2 Å². The molecule has 8 aliphatic rings. The normalized spacial score (nSPS) is 19.7. The van der Waals surface area contributed by atoms with E-state index in [9.17, 15) is 14.4 Å². The Morgan fingerprint density at radius 1 is 0.485 bits per heavy atom. The first kappa shape index (κ1) is 71.1. The van der Waals surface area contributed by atoms with Gasteiger partial charge >= 0.3 is 18.0 Å². The molecular formula is C77H104ClN15O6. The zero-order valence-electron chi connectivity index (χ0n) is 58.8. The lowest BCUT2D eigenvalue weighted by molar-refractivity contribution is -0.123. The summed E-state index contributed by atoms with van der Waals surface area (Å²) < 4.78 is 17.4. The highest BCUT2D eigenvalue weighted by atomic mass is 35.5. The molecular weight excluding hydrogens is 1270 g/mol. The van der Waals surface area contributed by atoms with E-state index in [0.717, 1.165) is 137 Å². The number of carbonyl (C=O) groups excluding carboxylic acids is 3. The van der Waals surface area contributed by atoms with Crippen molar-refractivity contribution in [2.24, 2.45) is 11.3 Å². The summed E-state index contributed by atoms with van der Waals surface area (Å²) in [7, 11) is 0. The van der Waals surface area contributed by atoms with Gasteiger partial charge in [0.2, 0.25) is 0 Å². The van der Waals surface area contributed by atoms with Gasteiger partial charge in [-0.1, -0.05) is 113 Å². The van der Waals surface area contributed by atoms with Crippen LogP contribution in [0.25, 0.3) is 0 Å². The summed E-state index contributed by atoms with van der Waals surface area (Å²) in [4.78, 5) is 80.2. The Morgan fingerprint density at radius 3 is 1.43 bits per heavy atom. The molecule has 6 N–H and O–H groups in total. The second kappa shape index (κ2) is 33.6. The molecule has 22 heteroatoms. The molecule has 2 aliphatic carbocycles. The number of aromatic nitrogens is 6. The quantitative estimate of drug-likeness (QED) is 0.0476. The zero-order chi connectivity index (χ0) is 68.8. The zero-order valence-corrected chi connectivity index (χ0v) is 59.6. The summed E-state index contributed by atoms with van der Waals surface area (Å²) in [5, 5.41) is 0.730. The van der Waals surface area contributed by atoms with E-state index >= 15 is 0 Å². The summed E-state index contributed by atoms with van der Waals surface area (Å²) in [5.41, 5.74) is 28.4. The van der Waals surface area contributed by atoms with Gasteiger partial charge in [-0.2, -0.15) is 29.9 Å². The fourth-order valence-corrected chi connectivity index (χ4v) is 15.6. The van der Waals surface area contributed by atoms with Crippen LogP contribution in [0.5, 0.6) is 18.0 Å². The van der Waals surface area contributed by atoms with Crippen LogP contribution in [0.3, 0.4) is 0 Å². The number of Topliss-reactive ketones (excluding diaryl/α,β-unsaturated/α-hetero) is 3. The van der Waals surface area contributed by atoms with Crippen LogP contribution in [-0.2, 0) is 72.9 Å². The minimum Gasteiger partial charge on any atom is -0.463 e. The number of hydrogen-bond donors (Lipinski definition) is 3. The van der Waals surface area contributed by atoms with Gasteiger partial charge < -0.3 is 46.1 Å². The first-order chi connectivity index (χ1) is 48.2. The molecule has 3 aromatic heterocycles. The molecule has 9 heterocycles. The number of rotatable bonds is 24. The number of ether oxygens (including phenoxy) is 3. The van der Waals surface area contributed by atoms with Crippen LogP contribution in [0.4, 0.5) is 34.9 Å². The maximum atomic E-state index is 13.2. The minimum absolute atomic E-state index is 0.0332. The summed E-state index contributed by atoms with van der Waals surface area (Å²) in [6, 6.07) is 25.0. The van der Waals surface area contributed by atoms with Crippen molar-refractivity contribution in [3.8, 4) is 18.0 Å². The van der Waals surface area contributed by atoms with Crippen LogP contribution in [0.15, 0.2) is 66.7 Å². The minimum atomic E-state index is -0.260. The van der Waals surface area contributed by atoms with Gasteiger partial charge in [0, 0.05) is 117 Å². The Bertz CT molecular complexity index is 3760. The van der Waals surface area contributed by atoms with Gasteiger partial charge in [0.05, 0.1) is 19.8 Å². The van der Waals surface area contributed by atoms with E-state index in [1.807, 2.05) is 12.1 Å². The molecule has 0 bridgehead atoms. The van der Waals surface area contributed by atoms with Gasteiger partial charge in [0.25, 0.3) is 0 Å². The predicted octanol–water partition coefficient (Wildman–Crippen LogP) is 11.9. The third-order valence-electron chi connectivity index (χ3n) is 20.9. The van der Waals surface area contributed by atoms with Crippen molar-refractivity contribution >= 4 is 63.9 Å². The Morgan fingerprint density at radius 2 is 0.919 bits per heavy atom. The first-order valence-electron chi connectivity index (χ1n) is 37.0. The van der Waals surface area contributed by atoms with Crippen molar-refractivity contribution in [3.63, 3.8) is 0 Å². The predicted molar refractivity (Wildman–Crippen MR) is 390 cm³/mol. The van der Waals surface area contributed by atoms with Gasteiger partial charge in [-0.05, 0) is 168 Å². The van der Waals surface area contributed by atoms with Crippen LogP contribution in [-0.4, -0.2) is 140 Å². The van der Waals surface area contributed by atoms with E-state index in [1.54, 1.807) is 0 Å². The lowest BCUT2D eigenvalue weighted by atomic mass is 9.95. The number of ketones is 3. The van der Waals surface area contributed by atoms with Gasteiger partial charge in [-0.15, -0.1) is 0 Å². The van der Waals surface area contributed by atoms with E-state index in [1.165, 1.54) is 92.5 Å². The van der Waals surface area contributed by atoms with Crippen molar-refractivity contribution in [3.05, 3.63) is 122 Å². The SMILES string of the molecule is CCCCOc1nc(N)c2c(n1)N(Cc1cc(Cl)cc(CN3CCCC3)c1)CCC(=O)C2.CCCCOc1nc(N)c2c(n1)N(Cc1cccc(CN3CCCC3)c1)C1CCCC1C(=O)C2.CCCCOc1nc(N)c2c(n1)N(Cc1cccc(CN3CCCC3)c1)CC1(CC1)C(=O)C2. The number of nitrogen functional groups attached to an aromatic ring is 3. The lowest BCUT2D eigenvalue weighted by Crippen LogP contribution is -2.39. The van der Waals surface area contributed by atoms with Crippen LogP contribution in [0.2, 0.25) is 5.02 Å². The second-order valence-corrected chi connectivity index (χ2v) is 29.2. The monoisotopic (exact) mass is 1370 g/mol. The maximum absolute atomic E-state index is 13.2. The molecule has 5 fully saturated rings. The Balaban J connectivity index is 0.000000141. The summed E-state index contributed by atoms with van der Waals surface area (Å²) in [6.07, 6.45) is 19.8. The van der Waals surface area contributed by atoms with Crippen molar-refractivity contribution < 1.29 is 28.6 Å². The van der Waals surface area contributed by atoms with E-state index in [0.29, 0.717) is 113 Å². The van der Waals surface area contributed by atoms with E-state index in [2.05, 4.69) is 125 Å². The third-order valence-corrected chi connectivity index (χ3v) is 21.1. The Hall–Kier alpha value is -7.72. The molecule has 3 aromatic carbocycles. The lowest BCUT2D eigenvalue weighted by Gasteiger charge is -2.32. The molecule has 0 radical (unpaired) electrons. The molecule has 2 saturated carbocycles. The molecule has 3 saturated heterocycles. The highest BCUT2D eigenvalue weighted by Gasteiger charge is 2.52. The summed E-state index contributed by atoms with van der Waals surface area (Å²) in [5.74, 6) is 4.01. The first-order valence-corrected chi connectivity index (χ1v) is 37.4. The fourth-order valence-electron chi connectivity index (χ4n) is 15.3. The van der Waals surface area contributed by atoms with Crippen LogP contribution >= 0.6 is 11.6 Å². The average Bonchev–Trinajstić information content (AvgIpc) is 1.60. The number of likely N-dealkylation sites (tertiary alicyclic amines) is 3. The number of nitrogens with zero attached hydrogens (tertiary/aromatic N) is 12. The molecule has 0 amide bonds. The molecule has 99 heavy (non-hydrogen) atoms. The smallest absolute Gasteiger partial charge is 0.320 e. The van der Waals surface area contributed by atoms with Crippen molar-refractivity contribution in [1.29, 1.82) is 0 Å². The van der Waals surface area contributed by atoms with Crippen LogP contribution in [0, 0.1) is 11.3 Å². The van der Waals surface area contributed by atoms with Gasteiger partial charge in [0.1, 0.15) is 52.3 Å². The largest absolute Gasteiger partial charge is 0.463 e.